The molecule has 0 amide bonds. The van der Waals surface area contributed by atoms with Crippen LogP contribution in [0.25, 0.3) is 0 Å². The smallest absolute Gasteiger partial charge is 0.309 e. The van der Waals surface area contributed by atoms with E-state index in [1.165, 1.54) is 24.6 Å². The summed E-state index contributed by atoms with van der Waals surface area (Å²) in [5.74, 6) is 5.49. The average molecular weight is 269 g/mol. The van der Waals surface area contributed by atoms with Gasteiger partial charge in [-0.25, -0.2) is 24.0 Å². The van der Waals surface area contributed by atoms with Crippen molar-refractivity contribution in [3.05, 3.63) is 30.3 Å². The topological polar surface area (TPSA) is 123 Å². The first-order valence-corrected chi connectivity index (χ1v) is 6.37. The zero-order valence-corrected chi connectivity index (χ0v) is 10.2. The second kappa shape index (κ2) is 4.63. The molecule has 0 aliphatic heterocycles. The lowest BCUT2D eigenvalue weighted by atomic mass is 10.5. The number of sulfonamides is 1. The summed E-state index contributed by atoms with van der Waals surface area (Å²) in [7, 11) is -3.76. The highest BCUT2D eigenvalue weighted by atomic mass is 32.2. The van der Waals surface area contributed by atoms with Crippen LogP contribution >= 0.6 is 0 Å². The van der Waals surface area contributed by atoms with Crippen molar-refractivity contribution >= 4 is 21.9 Å². The highest BCUT2D eigenvalue weighted by molar-refractivity contribution is 7.92. The van der Waals surface area contributed by atoms with E-state index in [4.69, 9.17) is 10.3 Å². The molecule has 96 valence electrons. The van der Waals surface area contributed by atoms with E-state index in [2.05, 4.69) is 20.1 Å². The van der Waals surface area contributed by atoms with Crippen LogP contribution in [0.3, 0.4) is 0 Å². The maximum absolute atomic E-state index is 11.9. The maximum atomic E-state index is 11.9. The number of nitrogens with zero attached hydrogens (tertiary/aromatic N) is 2. The molecule has 9 heteroatoms. The van der Waals surface area contributed by atoms with Crippen molar-refractivity contribution in [3.8, 4) is 0 Å². The fraction of sp³-hybridized carbons (Fsp3) is 0.111. The average Bonchev–Trinajstić information content (AvgIpc) is 2.74. The Kier molecular flexibility index (Phi) is 3.17. The van der Waals surface area contributed by atoms with Gasteiger partial charge in [-0.1, -0.05) is 0 Å². The Morgan fingerprint density at radius 1 is 1.39 bits per heavy atom. The molecule has 0 unspecified atom stereocenters. The van der Waals surface area contributed by atoms with Crippen molar-refractivity contribution in [2.45, 2.75) is 11.8 Å². The first-order chi connectivity index (χ1) is 8.51. The summed E-state index contributed by atoms with van der Waals surface area (Å²) in [5.41, 5.74) is 2.88. The molecule has 8 nitrogen and oxygen atoms in total. The van der Waals surface area contributed by atoms with Gasteiger partial charge in [0.2, 0.25) is 0 Å². The first kappa shape index (κ1) is 12.3. The lowest BCUT2D eigenvalue weighted by molar-refractivity contribution is 0.569. The van der Waals surface area contributed by atoms with Gasteiger partial charge in [-0.2, -0.15) is 4.98 Å². The molecule has 0 radical (unpaired) electrons. The number of pyridine rings is 1. The van der Waals surface area contributed by atoms with Gasteiger partial charge in [0, 0.05) is 6.20 Å². The van der Waals surface area contributed by atoms with E-state index in [1.54, 1.807) is 6.92 Å². The number of nitrogens with one attached hydrogen (secondary N) is 2. The third-order valence-corrected chi connectivity index (χ3v) is 3.34. The molecule has 0 aromatic carbocycles. The maximum Gasteiger partial charge on any atom is 0.309 e. The number of hydrogen-bond acceptors (Lipinski definition) is 7. The van der Waals surface area contributed by atoms with E-state index in [9.17, 15) is 8.42 Å². The number of hydrazine groups is 1. The van der Waals surface area contributed by atoms with Gasteiger partial charge in [0.25, 0.3) is 10.0 Å². The van der Waals surface area contributed by atoms with Crippen LogP contribution in [0.5, 0.6) is 0 Å². The predicted molar refractivity (Wildman–Crippen MR) is 64.1 cm³/mol. The quantitative estimate of drug-likeness (QED) is 0.544. The number of hydrogen-bond donors (Lipinski definition) is 3. The van der Waals surface area contributed by atoms with Gasteiger partial charge in [0.1, 0.15) is 17.0 Å². The third kappa shape index (κ3) is 2.57. The summed E-state index contributed by atoms with van der Waals surface area (Å²) in [4.78, 5) is 7.63. The highest BCUT2D eigenvalue weighted by Gasteiger charge is 2.17. The molecule has 0 saturated carbocycles. The molecular weight excluding hydrogens is 258 g/mol. The van der Waals surface area contributed by atoms with Crippen LogP contribution in [0.1, 0.15) is 5.69 Å². The molecule has 2 rings (SSSR count). The summed E-state index contributed by atoms with van der Waals surface area (Å²) in [5, 5.41) is 0. The van der Waals surface area contributed by atoms with Crippen LogP contribution in [0.4, 0.5) is 11.8 Å². The molecule has 0 fully saturated rings. The standard InChI is InChI=1S/C9H11N5O3S/c1-6-5-17-9(12-6)14-18(15,16)7-2-3-8(13-10)11-4-7/h2-5H,10H2,1H3,(H,11,13)(H,12,14). The Bertz CT molecular complexity index is 634. The number of rotatable bonds is 4. The number of aryl methyl sites for hydroxylation is 1. The van der Waals surface area contributed by atoms with Crippen molar-refractivity contribution in [3.63, 3.8) is 0 Å². The van der Waals surface area contributed by atoms with Crippen molar-refractivity contribution in [1.82, 2.24) is 9.97 Å². The number of nitrogen functional groups attached to an aromatic ring is 1. The van der Waals surface area contributed by atoms with Gasteiger partial charge in [-0.3, -0.25) is 0 Å². The molecule has 0 saturated heterocycles. The van der Waals surface area contributed by atoms with E-state index in [0.717, 1.165) is 0 Å². The van der Waals surface area contributed by atoms with Crippen LogP contribution in [0, 0.1) is 6.92 Å². The summed E-state index contributed by atoms with van der Waals surface area (Å²) < 4.78 is 30.9. The lowest BCUT2D eigenvalue weighted by Gasteiger charge is -2.04. The Morgan fingerprint density at radius 2 is 2.17 bits per heavy atom. The second-order valence-electron chi connectivity index (χ2n) is 3.42. The molecule has 0 bridgehead atoms. The van der Waals surface area contributed by atoms with Crippen molar-refractivity contribution in [2.24, 2.45) is 5.84 Å². The molecule has 2 aromatic rings. The fourth-order valence-electron chi connectivity index (χ4n) is 1.20. The summed E-state index contributed by atoms with van der Waals surface area (Å²) >= 11 is 0. The van der Waals surface area contributed by atoms with Crippen LogP contribution in [-0.4, -0.2) is 18.4 Å². The number of nitrogens with two attached hydrogens (primary N) is 1. The van der Waals surface area contributed by atoms with E-state index in [1.807, 2.05) is 0 Å². The van der Waals surface area contributed by atoms with E-state index in [-0.39, 0.29) is 10.9 Å². The monoisotopic (exact) mass is 269 g/mol. The van der Waals surface area contributed by atoms with Crippen LogP contribution in [-0.2, 0) is 10.0 Å². The minimum atomic E-state index is -3.76. The molecule has 0 atom stereocenters. The number of aromatic nitrogens is 2. The zero-order valence-electron chi connectivity index (χ0n) is 9.41. The largest absolute Gasteiger partial charge is 0.431 e. The van der Waals surface area contributed by atoms with Crippen molar-refractivity contribution < 1.29 is 12.8 Å². The number of oxazole rings is 1. The fourth-order valence-corrected chi connectivity index (χ4v) is 2.08. The van der Waals surface area contributed by atoms with Crippen LogP contribution < -0.4 is 16.0 Å². The minimum Gasteiger partial charge on any atom is -0.431 e. The molecule has 0 aliphatic carbocycles. The summed E-state index contributed by atoms with van der Waals surface area (Å²) in [6.45, 7) is 1.69. The van der Waals surface area contributed by atoms with Gasteiger partial charge in [-0.15, -0.1) is 0 Å². The van der Waals surface area contributed by atoms with E-state index in [0.29, 0.717) is 11.5 Å². The molecule has 2 aromatic heterocycles. The van der Waals surface area contributed by atoms with Crippen LogP contribution in [0.15, 0.2) is 33.9 Å². The van der Waals surface area contributed by atoms with Gasteiger partial charge in [0.05, 0.1) is 5.69 Å². The Balaban J connectivity index is 2.24. The minimum absolute atomic E-state index is 0.0163. The summed E-state index contributed by atoms with van der Waals surface area (Å²) in [6.07, 6.45) is 2.52. The highest BCUT2D eigenvalue weighted by Crippen LogP contribution is 2.15. The third-order valence-electron chi connectivity index (χ3n) is 2.04. The molecule has 4 N–H and O–H groups in total. The zero-order chi connectivity index (χ0) is 13.2. The van der Waals surface area contributed by atoms with E-state index >= 15 is 0 Å². The Labute approximate surface area is 103 Å². The molecule has 18 heavy (non-hydrogen) atoms. The van der Waals surface area contributed by atoms with Gasteiger partial charge < -0.3 is 9.84 Å². The summed E-state index contributed by atoms with van der Waals surface area (Å²) in [6, 6.07) is 2.71. The van der Waals surface area contributed by atoms with Crippen LogP contribution in [0.2, 0.25) is 0 Å². The molecule has 2 heterocycles. The normalized spacial score (nSPS) is 11.2. The van der Waals surface area contributed by atoms with Crippen molar-refractivity contribution in [1.29, 1.82) is 0 Å². The van der Waals surface area contributed by atoms with E-state index < -0.39 is 10.0 Å². The second-order valence-corrected chi connectivity index (χ2v) is 5.11. The molecule has 0 spiro atoms. The van der Waals surface area contributed by atoms with Crippen molar-refractivity contribution in [2.75, 3.05) is 10.1 Å². The molecular formula is C9H11N5O3S. The number of anilines is 2. The van der Waals surface area contributed by atoms with Gasteiger partial charge >= 0.3 is 6.01 Å². The lowest BCUT2D eigenvalue weighted by Crippen LogP contribution is -2.14. The van der Waals surface area contributed by atoms with Gasteiger partial charge in [0.15, 0.2) is 0 Å². The Morgan fingerprint density at radius 3 is 2.67 bits per heavy atom. The van der Waals surface area contributed by atoms with Gasteiger partial charge in [-0.05, 0) is 19.1 Å². The molecule has 0 aliphatic rings. The predicted octanol–water partition coefficient (Wildman–Crippen LogP) is 0.464. The Hall–Kier alpha value is -2.13. The first-order valence-electron chi connectivity index (χ1n) is 4.89. The SMILES string of the molecule is Cc1coc(NS(=O)(=O)c2ccc(NN)nc2)n1.